The molecule has 0 N–H and O–H groups in total. The quantitative estimate of drug-likeness (QED) is 0.185. The largest absolute Gasteiger partial charge is 0.456 e. The fraction of sp³-hybridized carbons (Fsp3) is 0.0851. The van der Waals surface area contributed by atoms with E-state index in [-0.39, 0.29) is 11.8 Å². The van der Waals surface area contributed by atoms with Crippen LogP contribution in [0.4, 0.5) is 0 Å². The van der Waals surface area contributed by atoms with Crippen LogP contribution in [0, 0.1) is 0 Å². The van der Waals surface area contributed by atoms with Crippen molar-refractivity contribution < 1.29 is 4.42 Å². The molecule has 0 saturated carbocycles. The maximum absolute atomic E-state index is 6.65. The Hall–Kier alpha value is -6.39. The van der Waals surface area contributed by atoms with Crippen molar-refractivity contribution in [2.45, 2.75) is 24.7 Å². The van der Waals surface area contributed by atoms with Gasteiger partial charge in [-0.3, -0.25) is 0 Å². The molecular formula is C47H33N3O. The van der Waals surface area contributed by atoms with E-state index in [0.29, 0.717) is 5.82 Å². The first-order valence-electron chi connectivity index (χ1n) is 17.6. The highest BCUT2D eigenvalue weighted by Gasteiger charge is 2.33. The summed E-state index contributed by atoms with van der Waals surface area (Å²) in [5.41, 5.74) is 10.1. The van der Waals surface area contributed by atoms with Gasteiger partial charge in [0.05, 0.1) is 0 Å². The summed E-state index contributed by atoms with van der Waals surface area (Å²) >= 11 is 0. The summed E-state index contributed by atoms with van der Waals surface area (Å²) in [5.74, 6) is 3.33. The van der Waals surface area contributed by atoms with Crippen molar-refractivity contribution in [3.8, 4) is 45.0 Å². The molecule has 2 aliphatic rings. The lowest BCUT2D eigenvalue weighted by Crippen LogP contribution is -2.18. The first-order chi connectivity index (χ1) is 25.2. The zero-order valence-electron chi connectivity index (χ0n) is 27.9. The molecule has 0 amide bonds. The normalized spacial score (nSPS) is 16.3. The monoisotopic (exact) mass is 655 g/mol. The molecule has 0 spiro atoms. The molecule has 0 fully saturated rings. The van der Waals surface area contributed by atoms with Crippen LogP contribution in [-0.4, -0.2) is 15.0 Å². The van der Waals surface area contributed by atoms with E-state index >= 15 is 0 Å². The van der Waals surface area contributed by atoms with Crippen molar-refractivity contribution >= 4 is 21.7 Å². The number of furan rings is 1. The molecule has 2 unspecified atom stereocenters. The van der Waals surface area contributed by atoms with Gasteiger partial charge in [-0.15, -0.1) is 0 Å². The first-order valence-corrected chi connectivity index (χ1v) is 17.6. The number of fused-ring (bicyclic) bond motifs is 6. The zero-order valence-corrected chi connectivity index (χ0v) is 27.9. The van der Waals surface area contributed by atoms with Crippen LogP contribution in [0.2, 0.25) is 0 Å². The van der Waals surface area contributed by atoms with Gasteiger partial charge in [-0.05, 0) is 69.6 Å². The second-order valence-electron chi connectivity index (χ2n) is 13.5. The van der Waals surface area contributed by atoms with Crippen LogP contribution in [0.1, 0.15) is 41.0 Å². The number of aromatic nitrogens is 3. The number of benzene rings is 6. The number of rotatable bonds is 5. The molecule has 6 aromatic carbocycles. The highest BCUT2D eigenvalue weighted by molar-refractivity contribution is 5.93. The number of hydrogen-bond donors (Lipinski definition) is 0. The van der Waals surface area contributed by atoms with Crippen LogP contribution in [0.5, 0.6) is 0 Å². The molecule has 242 valence electrons. The predicted octanol–water partition coefficient (Wildman–Crippen LogP) is 11.7. The van der Waals surface area contributed by atoms with Crippen LogP contribution in [0.15, 0.2) is 168 Å². The second-order valence-corrected chi connectivity index (χ2v) is 13.5. The summed E-state index contributed by atoms with van der Waals surface area (Å²) in [4.78, 5) is 15.4. The van der Waals surface area contributed by atoms with Gasteiger partial charge in [0.1, 0.15) is 23.0 Å². The van der Waals surface area contributed by atoms with Crippen molar-refractivity contribution in [1.82, 2.24) is 15.0 Å². The van der Waals surface area contributed by atoms with E-state index in [1.54, 1.807) is 0 Å². The highest BCUT2D eigenvalue weighted by Crippen LogP contribution is 2.47. The average molecular weight is 656 g/mol. The standard InChI is InChI=1S/C47H33N3O/c1-3-12-33(13-4-1)45-48-46(34-14-5-2-6-15-34)50-47(49-45)42-29-41-40-28-37(25-26-43(40)51-44(41)39-18-10-9-17-38(39)42)32-21-19-31(20-22-32)36-24-23-30-11-7-8-16-35(30)27-36/h1-14,16-28,34,42H,15,29H2. The Morgan fingerprint density at radius 1 is 0.549 bits per heavy atom. The zero-order chi connectivity index (χ0) is 33.7. The maximum Gasteiger partial charge on any atom is 0.163 e. The second kappa shape index (κ2) is 12.2. The fourth-order valence-corrected chi connectivity index (χ4v) is 7.74. The molecule has 10 rings (SSSR count). The Bertz CT molecular complexity index is 2650. The van der Waals surface area contributed by atoms with E-state index in [1.807, 2.05) is 18.2 Å². The summed E-state index contributed by atoms with van der Waals surface area (Å²) in [6.07, 6.45) is 10.2. The molecule has 2 heterocycles. The Labute approximate surface area is 296 Å². The van der Waals surface area contributed by atoms with E-state index in [2.05, 4.69) is 146 Å². The van der Waals surface area contributed by atoms with Crippen LogP contribution >= 0.6 is 0 Å². The van der Waals surface area contributed by atoms with Gasteiger partial charge in [0, 0.05) is 33.9 Å². The molecule has 0 bridgehead atoms. The molecule has 51 heavy (non-hydrogen) atoms. The van der Waals surface area contributed by atoms with Crippen LogP contribution in [0.3, 0.4) is 0 Å². The van der Waals surface area contributed by atoms with Gasteiger partial charge in [0.2, 0.25) is 0 Å². The van der Waals surface area contributed by atoms with E-state index in [9.17, 15) is 0 Å². The molecule has 2 atom stereocenters. The summed E-state index contributed by atoms with van der Waals surface area (Å²) in [6.45, 7) is 0. The third-order valence-electron chi connectivity index (χ3n) is 10.4. The van der Waals surface area contributed by atoms with Crippen LogP contribution in [-0.2, 0) is 6.42 Å². The van der Waals surface area contributed by atoms with Crippen LogP contribution in [0.25, 0.3) is 66.7 Å². The summed E-state index contributed by atoms with van der Waals surface area (Å²) in [6, 6.07) is 49.5. The van der Waals surface area contributed by atoms with E-state index in [0.717, 1.165) is 57.9 Å². The lowest BCUT2D eigenvalue weighted by atomic mass is 9.80. The van der Waals surface area contributed by atoms with Gasteiger partial charge in [-0.25, -0.2) is 15.0 Å². The van der Waals surface area contributed by atoms with Gasteiger partial charge in [-0.2, -0.15) is 0 Å². The van der Waals surface area contributed by atoms with Gasteiger partial charge in [0.15, 0.2) is 5.82 Å². The fourth-order valence-electron chi connectivity index (χ4n) is 7.74. The van der Waals surface area contributed by atoms with Crippen molar-refractivity contribution in [3.63, 3.8) is 0 Å². The SMILES string of the molecule is C1=CCC(c2nc(-c3ccccc3)nc(C3Cc4c(oc5ccc(-c6ccc(-c7ccc8ccccc8c7)cc6)cc45)-c4ccccc43)n2)C=C1. The van der Waals surface area contributed by atoms with E-state index in [1.165, 1.54) is 38.6 Å². The molecule has 2 aromatic heterocycles. The number of nitrogens with zero attached hydrogens (tertiary/aromatic N) is 3. The van der Waals surface area contributed by atoms with Crippen LogP contribution < -0.4 is 0 Å². The molecule has 4 heteroatoms. The lowest BCUT2D eigenvalue weighted by molar-refractivity contribution is 0.608. The first kappa shape index (κ1) is 29.5. The maximum atomic E-state index is 6.65. The van der Waals surface area contributed by atoms with Gasteiger partial charge < -0.3 is 4.42 Å². The molecular weight excluding hydrogens is 623 g/mol. The topological polar surface area (TPSA) is 51.8 Å². The molecule has 0 aliphatic heterocycles. The van der Waals surface area contributed by atoms with Crippen molar-refractivity contribution in [1.29, 1.82) is 0 Å². The number of hydrogen-bond acceptors (Lipinski definition) is 4. The van der Waals surface area contributed by atoms with Gasteiger partial charge >= 0.3 is 0 Å². The van der Waals surface area contributed by atoms with Gasteiger partial charge in [-0.1, -0.05) is 146 Å². The predicted molar refractivity (Wildman–Crippen MR) is 206 cm³/mol. The minimum atomic E-state index is -0.0493. The Morgan fingerprint density at radius 2 is 1.25 bits per heavy atom. The summed E-state index contributed by atoms with van der Waals surface area (Å²) < 4.78 is 6.65. The third kappa shape index (κ3) is 5.28. The molecule has 2 aliphatic carbocycles. The Balaban J connectivity index is 1.05. The van der Waals surface area contributed by atoms with Crippen molar-refractivity contribution in [2.75, 3.05) is 0 Å². The lowest BCUT2D eigenvalue weighted by Gasteiger charge is -2.25. The van der Waals surface area contributed by atoms with Crippen molar-refractivity contribution in [2.24, 2.45) is 0 Å². The van der Waals surface area contributed by atoms with Gasteiger partial charge in [0.25, 0.3) is 0 Å². The van der Waals surface area contributed by atoms with E-state index < -0.39 is 0 Å². The minimum Gasteiger partial charge on any atom is -0.456 e. The minimum absolute atomic E-state index is 0.0493. The third-order valence-corrected chi connectivity index (χ3v) is 10.4. The van der Waals surface area contributed by atoms with E-state index in [4.69, 9.17) is 19.4 Å². The molecule has 0 radical (unpaired) electrons. The highest BCUT2D eigenvalue weighted by atomic mass is 16.3. The Kier molecular flexibility index (Phi) is 7.05. The van der Waals surface area contributed by atoms with Crippen molar-refractivity contribution in [3.05, 3.63) is 187 Å². The molecule has 8 aromatic rings. The smallest absolute Gasteiger partial charge is 0.163 e. The molecule has 4 nitrogen and oxygen atoms in total. The molecule has 0 saturated heterocycles. The average Bonchev–Trinajstić information content (AvgIpc) is 3.59. The Morgan fingerprint density at radius 3 is 2.08 bits per heavy atom. The summed E-state index contributed by atoms with van der Waals surface area (Å²) in [5, 5.41) is 3.64. The number of allylic oxidation sites excluding steroid dienone is 4. The summed E-state index contributed by atoms with van der Waals surface area (Å²) in [7, 11) is 0.